The van der Waals surface area contributed by atoms with Crippen LogP contribution in [0.15, 0.2) is 0 Å². The van der Waals surface area contributed by atoms with Crippen LogP contribution in [0.3, 0.4) is 0 Å². The van der Waals surface area contributed by atoms with E-state index < -0.39 is 5.91 Å². The second kappa shape index (κ2) is 9.45. The summed E-state index contributed by atoms with van der Waals surface area (Å²) in [6.45, 7) is 0.855. The van der Waals surface area contributed by atoms with E-state index in [-0.39, 0.29) is 25.4 Å². The van der Waals surface area contributed by atoms with Crippen molar-refractivity contribution < 1.29 is 14.7 Å². The molecule has 0 aliphatic carbocycles. The fourth-order valence-electron chi connectivity index (χ4n) is 1.14. The van der Waals surface area contributed by atoms with E-state index in [1.165, 1.54) is 0 Å². The molecule has 0 bridgehead atoms. The number of nitrogens with one attached hydrogen (secondary N) is 1. The number of hydrogen-bond acceptors (Lipinski definition) is 3. The Kier molecular flexibility index (Phi) is 8.76. The third-order valence-electron chi connectivity index (χ3n) is 2.01. The van der Waals surface area contributed by atoms with Crippen LogP contribution in [0.5, 0.6) is 0 Å². The molecule has 15 heavy (non-hydrogen) atoms. The topological polar surface area (TPSA) is 92.4 Å². The minimum absolute atomic E-state index is 0.107. The Morgan fingerprint density at radius 3 is 2.33 bits per heavy atom. The lowest BCUT2D eigenvalue weighted by molar-refractivity contribution is -0.125. The van der Waals surface area contributed by atoms with Crippen molar-refractivity contribution in [3.8, 4) is 0 Å². The Balaban J connectivity index is 3.20. The molecule has 0 fully saturated rings. The SMILES string of the molecule is NC(=O)CCC(=O)NCCCCCCO. The van der Waals surface area contributed by atoms with Gasteiger partial charge in [0.1, 0.15) is 0 Å². The summed E-state index contributed by atoms with van der Waals surface area (Å²) in [5.41, 5.74) is 4.91. The minimum atomic E-state index is -0.451. The van der Waals surface area contributed by atoms with E-state index in [1.54, 1.807) is 0 Å². The Morgan fingerprint density at radius 2 is 1.73 bits per heavy atom. The first-order chi connectivity index (χ1) is 7.16. The molecule has 0 aromatic heterocycles. The van der Waals surface area contributed by atoms with Gasteiger partial charge >= 0.3 is 0 Å². The number of aliphatic hydroxyl groups is 1. The molecule has 5 nitrogen and oxygen atoms in total. The zero-order valence-corrected chi connectivity index (χ0v) is 9.00. The third kappa shape index (κ3) is 10.8. The Hall–Kier alpha value is -1.10. The summed E-state index contributed by atoms with van der Waals surface area (Å²) in [5, 5.41) is 11.2. The number of unbranched alkanes of at least 4 members (excludes halogenated alkanes) is 3. The predicted octanol–water partition coefficient (Wildman–Crippen LogP) is -0.0792. The summed E-state index contributed by atoms with van der Waals surface area (Å²) in [6.07, 6.45) is 3.98. The third-order valence-corrected chi connectivity index (χ3v) is 2.01. The van der Waals surface area contributed by atoms with Gasteiger partial charge in [-0.25, -0.2) is 0 Å². The minimum Gasteiger partial charge on any atom is -0.396 e. The van der Waals surface area contributed by atoms with Crippen LogP contribution in [0.25, 0.3) is 0 Å². The Bertz CT molecular complexity index is 195. The van der Waals surface area contributed by atoms with E-state index in [0.29, 0.717) is 6.54 Å². The molecule has 0 radical (unpaired) electrons. The van der Waals surface area contributed by atoms with E-state index in [0.717, 1.165) is 25.7 Å². The first kappa shape index (κ1) is 13.9. The van der Waals surface area contributed by atoms with Crippen LogP contribution in [-0.4, -0.2) is 30.1 Å². The number of aliphatic hydroxyl groups excluding tert-OH is 1. The van der Waals surface area contributed by atoms with Crippen molar-refractivity contribution in [2.75, 3.05) is 13.2 Å². The van der Waals surface area contributed by atoms with Gasteiger partial charge in [0.05, 0.1) is 0 Å². The molecule has 0 rings (SSSR count). The molecule has 0 heterocycles. The van der Waals surface area contributed by atoms with Crippen LogP contribution in [0.2, 0.25) is 0 Å². The highest BCUT2D eigenvalue weighted by Gasteiger charge is 2.02. The normalized spacial score (nSPS) is 9.93. The van der Waals surface area contributed by atoms with Crippen molar-refractivity contribution in [3.05, 3.63) is 0 Å². The number of primary amides is 1. The number of hydrogen-bond donors (Lipinski definition) is 3. The van der Waals surface area contributed by atoms with Crippen molar-refractivity contribution in [1.82, 2.24) is 5.32 Å². The number of carbonyl (C=O) groups is 2. The number of rotatable bonds is 9. The summed E-state index contributed by atoms with van der Waals surface area (Å²) in [6, 6.07) is 0. The fourth-order valence-corrected chi connectivity index (χ4v) is 1.14. The first-order valence-corrected chi connectivity index (χ1v) is 5.32. The number of carbonyl (C=O) groups excluding carboxylic acids is 2. The summed E-state index contributed by atoms with van der Waals surface area (Å²) in [5.74, 6) is -0.580. The molecule has 0 aliphatic heterocycles. The molecule has 0 saturated carbocycles. The zero-order valence-electron chi connectivity index (χ0n) is 9.00. The molecule has 0 unspecified atom stereocenters. The highest BCUT2D eigenvalue weighted by atomic mass is 16.2. The highest BCUT2D eigenvalue weighted by molar-refractivity contribution is 5.82. The van der Waals surface area contributed by atoms with Crippen LogP contribution in [0.4, 0.5) is 0 Å². The highest BCUT2D eigenvalue weighted by Crippen LogP contribution is 1.97. The lowest BCUT2D eigenvalue weighted by Crippen LogP contribution is -2.25. The predicted molar refractivity (Wildman–Crippen MR) is 57.0 cm³/mol. The van der Waals surface area contributed by atoms with E-state index >= 15 is 0 Å². The van der Waals surface area contributed by atoms with Gasteiger partial charge in [-0.1, -0.05) is 12.8 Å². The monoisotopic (exact) mass is 216 g/mol. The Labute approximate surface area is 90.0 Å². The summed E-state index contributed by atoms with van der Waals surface area (Å²) in [4.78, 5) is 21.4. The van der Waals surface area contributed by atoms with Crippen molar-refractivity contribution in [3.63, 3.8) is 0 Å². The van der Waals surface area contributed by atoms with Crippen LogP contribution in [0, 0.1) is 0 Å². The first-order valence-electron chi connectivity index (χ1n) is 5.32. The van der Waals surface area contributed by atoms with Crippen LogP contribution < -0.4 is 11.1 Å². The van der Waals surface area contributed by atoms with Gasteiger partial charge in [0, 0.05) is 26.0 Å². The van der Waals surface area contributed by atoms with Gasteiger partial charge in [-0.3, -0.25) is 9.59 Å². The van der Waals surface area contributed by atoms with Gasteiger partial charge in [0.25, 0.3) is 0 Å². The summed E-state index contributed by atoms with van der Waals surface area (Å²) in [7, 11) is 0. The molecular weight excluding hydrogens is 196 g/mol. The largest absolute Gasteiger partial charge is 0.396 e. The second-order valence-corrected chi connectivity index (χ2v) is 3.45. The summed E-state index contributed by atoms with van der Waals surface area (Å²) < 4.78 is 0. The molecular formula is C10H20N2O3. The van der Waals surface area contributed by atoms with Crippen LogP contribution >= 0.6 is 0 Å². The number of amides is 2. The van der Waals surface area contributed by atoms with Gasteiger partial charge in [-0.05, 0) is 12.8 Å². The molecule has 5 heteroatoms. The van der Waals surface area contributed by atoms with Crippen molar-refractivity contribution in [1.29, 1.82) is 0 Å². The standard InChI is InChI=1S/C10H20N2O3/c11-9(14)5-6-10(15)12-7-3-1-2-4-8-13/h13H,1-8H2,(H2,11,14)(H,12,15). The Morgan fingerprint density at radius 1 is 1.07 bits per heavy atom. The van der Waals surface area contributed by atoms with Crippen molar-refractivity contribution in [2.24, 2.45) is 5.73 Å². The van der Waals surface area contributed by atoms with Gasteiger partial charge in [0.2, 0.25) is 11.8 Å². The smallest absolute Gasteiger partial charge is 0.220 e. The van der Waals surface area contributed by atoms with Gasteiger partial charge < -0.3 is 16.2 Å². The van der Waals surface area contributed by atoms with Gasteiger partial charge in [0.15, 0.2) is 0 Å². The maximum absolute atomic E-state index is 11.1. The molecule has 0 aromatic rings. The van der Waals surface area contributed by atoms with Gasteiger partial charge in [-0.15, -0.1) is 0 Å². The van der Waals surface area contributed by atoms with Crippen LogP contribution in [-0.2, 0) is 9.59 Å². The molecule has 0 saturated heterocycles. The quantitative estimate of drug-likeness (QED) is 0.471. The maximum Gasteiger partial charge on any atom is 0.220 e. The van der Waals surface area contributed by atoms with Crippen molar-refractivity contribution in [2.45, 2.75) is 38.5 Å². The second-order valence-electron chi connectivity index (χ2n) is 3.45. The molecule has 0 aromatic carbocycles. The van der Waals surface area contributed by atoms with E-state index in [9.17, 15) is 9.59 Å². The van der Waals surface area contributed by atoms with Gasteiger partial charge in [-0.2, -0.15) is 0 Å². The van der Waals surface area contributed by atoms with E-state index in [4.69, 9.17) is 10.8 Å². The average molecular weight is 216 g/mol. The van der Waals surface area contributed by atoms with Crippen LogP contribution in [0.1, 0.15) is 38.5 Å². The molecule has 2 amide bonds. The zero-order chi connectivity index (χ0) is 11.5. The van der Waals surface area contributed by atoms with E-state index in [1.807, 2.05) is 0 Å². The molecule has 4 N–H and O–H groups in total. The lowest BCUT2D eigenvalue weighted by atomic mass is 10.2. The molecule has 88 valence electrons. The number of nitrogens with two attached hydrogens (primary N) is 1. The van der Waals surface area contributed by atoms with Crippen molar-refractivity contribution >= 4 is 11.8 Å². The molecule has 0 spiro atoms. The molecule has 0 atom stereocenters. The fraction of sp³-hybridized carbons (Fsp3) is 0.800. The van der Waals surface area contributed by atoms with E-state index in [2.05, 4.69) is 5.32 Å². The summed E-state index contributed by atoms with van der Waals surface area (Å²) >= 11 is 0. The lowest BCUT2D eigenvalue weighted by Gasteiger charge is -2.03. The average Bonchev–Trinajstić information content (AvgIpc) is 2.20. The molecule has 0 aliphatic rings. The maximum atomic E-state index is 11.1.